The molecule has 1 amide bonds. The SMILES string of the molecule is N#Cc1ccc(CNCCC(=O)N2CCOCC2)o1. The zero-order chi connectivity index (χ0) is 13.5. The van der Waals surface area contributed by atoms with Crippen molar-refractivity contribution in [3.63, 3.8) is 0 Å². The molecule has 2 heterocycles. The number of furan rings is 1. The van der Waals surface area contributed by atoms with Gasteiger partial charge in [0, 0.05) is 26.1 Å². The van der Waals surface area contributed by atoms with E-state index in [1.165, 1.54) is 0 Å². The van der Waals surface area contributed by atoms with Crippen molar-refractivity contribution in [3.05, 3.63) is 23.7 Å². The summed E-state index contributed by atoms with van der Waals surface area (Å²) >= 11 is 0. The zero-order valence-electron chi connectivity index (χ0n) is 10.7. The predicted molar refractivity (Wildman–Crippen MR) is 67.1 cm³/mol. The minimum absolute atomic E-state index is 0.146. The van der Waals surface area contributed by atoms with Gasteiger partial charge in [0.05, 0.1) is 19.8 Å². The maximum Gasteiger partial charge on any atom is 0.224 e. The van der Waals surface area contributed by atoms with Gasteiger partial charge in [-0.05, 0) is 12.1 Å². The standard InChI is InChI=1S/C13H17N3O3/c14-9-11-1-2-12(19-11)10-15-4-3-13(17)16-5-7-18-8-6-16/h1-2,15H,3-8,10H2. The van der Waals surface area contributed by atoms with Crippen LogP contribution in [0.3, 0.4) is 0 Å². The van der Waals surface area contributed by atoms with E-state index in [2.05, 4.69) is 5.32 Å². The van der Waals surface area contributed by atoms with Crippen molar-refractivity contribution >= 4 is 5.91 Å². The summed E-state index contributed by atoms with van der Waals surface area (Å²) in [7, 11) is 0. The van der Waals surface area contributed by atoms with Gasteiger partial charge in [-0.2, -0.15) is 5.26 Å². The summed E-state index contributed by atoms with van der Waals surface area (Å²) in [5.41, 5.74) is 0. The maximum atomic E-state index is 11.8. The summed E-state index contributed by atoms with van der Waals surface area (Å²) in [6.07, 6.45) is 0.464. The van der Waals surface area contributed by atoms with Gasteiger partial charge in [0.25, 0.3) is 0 Å². The average molecular weight is 263 g/mol. The Morgan fingerprint density at radius 2 is 2.21 bits per heavy atom. The molecule has 1 aromatic rings. The molecule has 1 saturated heterocycles. The molecule has 0 aromatic carbocycles. The smallest absolute Gasteiger partial charge is 0.224 e. The van der Waals surface area contributed by atoms with Gasteiger partial charge in [0.15, 0.2) is 0 Å². The Hall–Kier alpha value is -1.84. The van der Waals surface area contributed by atoms with E-state index in [4.69, 9.17) is 14.4 Å². The van der Waals surface area contributed by atoms with Crippen LogP contribution < -0.4 is 5.32 Å². The van der Waals surface area contributed by atoms with E-state index >= 15 is 0 Å². The highest BCUT2D eigenvalue weighted by Gasteiger charge is 2.15. The van der Waals surface area contributed by atoms with Gasteiger partial charge in [0.1, 0.15) is 11.8 Å². The van der Waals surface area contributed by atoms with E-state index in [1.807, 2.05) is 11.0 Å². The Bertz CT molecular complexity index is 458. The maximum absolute atomic E-state index is 11.8. The number of hydrogen-bond donors (Lipinski definition) is 1. The van der Waals surface area contributed by atoms with E-state index in [-0.39, 0.29) is 5.91 Å². The van der Waals surface area contributed by atoms with Crippen molar-refractivity contribution in [2.24, 2.45) is 0 Å². The second kappa shape index (κ2) is 6.92. The van der Waals surface area contributed by atoms with Crippen molar-refractivity contribution in [2.45, 2.75) is 13.0 Å². The number of morpholine rings is 1. The summed E-state index contributed by atoms with van der Waals surface area (Å²) in [5, 5.41) is 11.7. The number of nitrogens with one attached hydrogen (secondary N) is 1. The highest BCUT2D eigenvalue weighted by Crippen LogP contribution is 2.06. The van der Waals surface area contributed by atoms with Gasteiger partial charge in [-0.1, -0.05) is 0 Å². The van der Waals surface area contributed by atoms with Crippen LogP contribution in [-0.4, -0.2) is 43.7 Å². The van der Waals surface area contributed by atoms with Crippen LogP contribution in [-0.2, 0) is 16.1 Å². The lowest BCUT2D eigenvalue weighted by Gasteiger charge is -2.26. The van der Waals surface area contributed by atoms with E-state index < -0.39 is 0 Å². The second-order valence-electron chi connectivity index (χ2n) is 4.30. The van der Waals surface area contributed by atoms with Crippen molar-refractivity contribution in [3.8, 4) is 6.07 Å². The molecule has 1 aromatic heterocycles. The van der Waals surface area contributed by atoms with E-state index in [0.717, 1.165) is 0 Å². The lowest BCUT2D eigenvalue weighted by atomic mass is 10.3. The molecule has 0 unspecified atom stereocenters. The van der Waals surface area contributed by atoms with Crippen LogP contribution in [0.25, 0.3) is 0 Å². The molecule has 0 radical (unpaired) electrons. The van der Waals surface area contributed by atoms with Crippen molar-refractivity contribution in [1.29, 1.82) is 5.26 Å². The number of ether oxygens (including phenoxy) is 1. The third kappa shape index (κ3) is 4.09. The van der Waals surface area contributed by atoms with Crippen molar-refractivity contribution < 1.29 is 13.9 Å². The molecule has 1 aliphatic heterocycles. The van der Waals surface area contributed by atoms with Gasteiger partial charge in [0.2, 0.25) is 11.7 Å². The van der Waals surface area contributed by atoms with Crippen LogP contribution in [0.2, 0.25) is 0 Å². The largest absolute Gasteiger partial charge is 0.449 e. The second-order valence-corrected chi connectivity index (χ2v) is 4.30. The van der Waals surface area contributed by atoms with Gasteiger partial charge in [-0.15, -0.1) is 0 Å². The molecule has 1 fully saturated rings. The summed E-state index contributed by atoms with van der Waals surface area (Å²) in [6.45, 7) is 3.74. The fourth-order valence-electron chi connectivity index (χ4n) is 1.91. The normalized spacial score (nSPS) is 15.2. The third-order valence-electron chi connectivity index (χ3n) is 2.95. The molecule has 0 atom stereocenters. The molecule has 1 aliphatic rings. The highest BCUT2D eigenvalue weighted by atomic mass is 16.5. The van der Waals surface area contributed by atoms with Crippen molar-refractivity contribution in [1.82, 2.24) is 10.2 Å². The number of amides is 1. The Morgan fingerprint density at radius 1 is 1.42 bits per heavy atom. The van der Waals surface area contributed by atoms with Crippen LogP contribution in [0.15, 0.2) is 16.5 Å². The molecule has 6 heteroatoms. The lowest BCUT2D eigenvalue weighted by Crippen LogP contribution is -2.41. The van der Waals surface area contributed by atoms with E-state index in [9.17, 15) is 4.79 Å². The number of carbonyl (C=O) groups excluding carboxylic acids is 1. The van der Waals surface area contributed by atoms with Crippen LogP contribution in [0.4, 0.5) is 0 Å². The molecule has 0 spiro atoms. The molecular weight excluding hydrogens is 246 g/mol. The summed E-state index contributed by atoms with van der Waals surface area (Å²) in [6, 6.07) is 5.33. The Labute approximate surface area is 111 Å². The third-order valence-corrected chi connectivity index (χ3v) is 2.95. The highest BCUT2D eigenvalue weighted by molar-refractivity contribution is 5.76. The molecule has 0 saturated carbocycles. The molecule has 1 N–H and O–H groups in total. The van der Waals surface area contributed by atoms with E-state index in [0.29, 0.717) is 57.3 Å². The van der Waals surface area contributed by atoms with Gasteiger partial charge in [-0.3, -0.25) is 4.79 Å². The molecule has 2 rings (SSSR count). The Kier molecular flexibility index (Phi) is 4.95. The molecular formula is C13H17N3O3. The molecule has 102 valence electrons. The van der Waals surface area contributed by atoms with Crippen LogP contribution in [0.5, 0.6) is 0 Å². The minimum Gasteiger partial charge on any atom is -0.449 e. The zero-order valence-corrected chi connectivity index (χ0v) is 10.7. The lowest BCUT2D eigenvalue weighted by molar-refractivity contribution is -0.135. The summed E-state index contributed by atoms with van der Waals surface area (Å²) in [5.74, 6) is 1.16. The number of nitriles is 1. The van der Waals surface area contributed by atoms with Gasteiger partial charge < -0.3 is 19.4 Å². The number of carbonyl (C=O) groups is 1. The molecule has 0 aliphatic carbocycles. The quantitative estimate of drug-likeness (QED) is 0.782. The fraction of sp³-hybridized carbons (Fsp3) is 0.538. The fourth-order valence-corrected chi connectivity index (χ4v) is 1.91. The number of nitrogens with zero attached hydrogens (tertiary/aromatic N) is 2. The van der Waals surface area contributed by atoms with Crippen LogP contribution in [0, 0.1) is 11.3 Å². The van der Waals surface area contributed by atoms with Crippen molar-refractivity contribution in [2.75, 3.05) is 32.8 Å². The van der Waals surface area contributed by atoms with E-state index in [1.54, 1.807) is 12.1 Å². The topological polar surface area (TPSA) is 78.5 Å². The Balaban J connectivity index is 1.63. The minimum atomic E-state index is 0.146. The number of rotatable bonds is 5. The Morgan fingerprint density at radius 3 is 2.89 bits per heavy atom. The summed E-state index contributed by atoms with van der Waals surface area (Å²) in [4.78, 5) is 13.6. The first-order chi connectivity index (χ1) is 9.29. The first kappa shape index (κ1) is 13.6. The summed E-state index contributed by atoms with van der Waals surface area (Å²) < 4.78 is 10.4. The number of hydrogen-bond acceptors (Lipinski definition) is 5. The molecule has 19 heavy (non-hydrogen) atoms. The van der Waals surface area contributed by atoms with Crippen LogP contribution >= 0.6 is 0 Å². The monoisotopic (exact) mass is 263 g/mol. The van der Waals surface area contributed by atoms with Gasteiger partial charge >= 0.3 is 0 Å². The predicted octanol–water partition coefficient (Wildman–Crippen LogP) is 0.490. The van der Waals surface area contributed by atoms with Crippen LogP contribution in [0.1, 0.15) is 17.9 Å². The average Bonchev–Trinajstić information content (AvgIpc) is 2.92. The first-order valence-electron chi connectivity index (χ1n) is 6.34. The molecule has 6 nitrogen and oxygen atoms in total. The molecule has 0 bridgehead atoms. The first-order valence-corrected chi connectivity index (χ1v) is 6.34. The van der Waals surface area contributed by atoms with Gasteiger partial charge in [-0.25, -0.2) is 0 Å².